The summed E-state index contributed by atoms with van der Waals surface area (Å²) in [5.74, 6) is 2.23. The van der Waals surface area contributed by atoms with Gasteiger partial charge >= 0.3 is 0 Å². The van der Waals surface area contributed by atoms with Crippen LogP contribution in [0.25, 0.3) is 0 Å². The molecule has 0 bridgehead atoms. The highest BCUT2D eigenvalue weighted by Gasteiger charge is 2.34. The first-order valence-corrected chi connectivity index (χ1v) is 13.0. The molecule has 0 unspecified atom stereocenters. The van der Waals surface area contributed by atoms with E-state index in [1.165, 1.54) is 0 Å². The maximum Gasteiger partial charge on any atom is 0.231 e. The summed E-state index contributed by atoms with van der Waals surface area (Å²) in [5, 5.41) is 2.23. The van der Waals surface area contributed by atoms with Crippen molar-refractivity contribution in [1.82, 2.24) is 0 Å². The highest BCUT2D eigenvalue weighted by atomic mass is 31.2. The van der Waals surface area contributed by atoms with Gasteiger partial charge in [0.2, 0.25) is 12.5 Å². The molecule has 5 heteroatoms. The summed E-state index contributed by atoms with van der Waals surface area (Å²) in [6.45, 7) is 8.23. The van der Waals surface area contributed by atoms with Gasteiger partial charge in [0.1, 0.15) is 5.75 Å². The van der Waals surface area contributed by atoms with Crippen molar-refractivity contribution < 1.29 is 18.8 Å². The summed E-state index contributed by atoms with van der Waals surface area (Å²) < 4.78 is 33.0. The number of fused-ring (bicyclic) bond motifs is 1. The van der Waals surface area contributed by atoms with Crippen LogP contribution in [0, 0.1) is 27.7 Å². The lowest BCUT2D eigenvalue weighted by molar-refractivity contribution is 0.172. The molecule has 0 amide bonds. The summed E-state index contributed by atoms with van der Waals surface area (Å²) in [4.78, 5) is 0. The second-order valence-corrected chi connectivity index (χ2v) is 11.7. The number of aryl methyl sites for hydroxylation is 4. The Balaban J connectivity index is 1.77. The first kappa shape index (κ1) is 22.3. The van der Waals surface area contributed by atoms with Crippen molar-refractivity contribution in [2.75, 3.05) is 6.79 Å². The molecule has 4 nitrogen and oxygen atoms in total. The van der Waals surface area contributed by atoms with Gasteiger partial charge in [-0.15, -0.1) is 0 Å². The molecule has 0 N–H and O–H groups in total. The number of rotatable bonds is 5. The lowest BCUT2D eigenvalue weighted by Crippen LogP contribution is -2.26. The zero-order chi connectivity index (χ0) is 23.9. The van der Waals surface area contributed by atoms with Gasteiger partial charge in [-0.25, -0.2) is 0 Å². The quantitative estimate of drug-likeness (QED) is 0.332. The fourth-order valence-corrected chi connectivity index (χ4v) is 7.58. The van der Waals surface area contributed by atoms with Gasteiger partial charge in [-0.1, -0.05) is 52.6 Å². The smallest absolute Gasteiger partial charge is 0.231 e. The van der Waals surface area contributed by atoms with Gasteiger partial charge in [0, 0.05) is 15.9 Å². The summed E-state index contributed by atoms with van der Waals surface area (Å²) >= 11 is 0. The molecule has 0 fully saturated rings. The van der Waals surface area contributed by atoms with E-state index in [2.05, 4.69) is 12.1 Å². The summed E-state index contributed by atoms with van der Waals surface area (Å²) in [5.41, 5.74) is 4.28. The van der Waals surface area contributed by atoms with Gasteiger partial charge in [0.15, 0.2) is 18.6 Å². The molecule has 34 heavy (non-hydrogen) atoms. The van der Waals surface area contributed by atoms with Crippen LogP contribution in [-0.4, -0.2) is 6.79 Å². The predicted octanol–water partition coefficient (Wildman–Crippen LogP) is 6.08. The summed E-state index contributed by atoms with van der Waals surface area (Å²) in [6, 6.07) is 25.5. The third-order valence-corrected chi connectivity index (χ3v) is 8.85. The number of hydrogen-bond acceptors (Lipinski definition) is 4. The fourth-order valence-electron chi connectivity index (χ4n) is 4.55. The van der Waals surface area contributed by atoms with Crippen LogP contribution in [-0.2, 0) is 4.57 Å². The molecule has 0 spiro atoms. The van der Waals surface area contributed by atoms with Crippen molar-refractivity contribution in [2.24, 2.45) is 0 Å². The van der Waals surface area contributed by atoms with E-state index in [4.69, 9.17) is 14.2 Å². The largest absolute Gasteiger partial charge is 0.453 e. The van der Waals surface area contributed by atoms with E-state index in [1.807, 2.05) is 94.4 Å². The highest BCUT2D eigenvalue weighted by Crippen LogP contribution is 2.49. The molecule has 4 aromatic rings. The van der Waals surface area contributed by atoms with Crippen molar-refractivity contribution in [2.45, 2.75) is 27.7 Å². The average molecular weight is 471 g/mol. The number of ether oxygens (including phenoxy) is 3. The second-order valence-electron chi connectivity index (χ2n) is 8.89. The molecule has 4 aromatic carbocycles. The van der Waals surface area contributed by atoms with Crippen LogP contribution >= 0.6 is 7.14 Å². The summed E-state index contributed by atoms with van der Waals surface area (Å²) in [7, 11) is -3.26. The zero-order valence-corrected chi connectivity index (χ0v) is 20.7. The maximum atomic E-state index is 15.3. The number of benzene rings is 4. The Labute approximate surface area is 200 Å². The topological polar surface area (TPSA) is 44.8 Å². The van der Waals surface area contributed by atoms with E-state index in [0.717, 1.165) is 32.9 Å². The molecular formula is C29H27O4P. The van der Waals surface area contributed by atoms with Crippen molar-refractivity contribution >= 4 is 23.1 Å². The first-order chi connectivity index (χ1) is 16.3. The van der Waals surface area contributed by atoms with Crippen LogP contribution in [0.2, 0.25) is 0 Å². The van der Waals surface area contributed by atoms with Crippen LogP contribution in [0.4, 0.5) is 0 Å². The monoisotopic (exact) mass is 470 g/mol. The molecule has 1 aliphatic rings. The van der Waals surface area contributed by atoms with E-state index in [9.17, 15) is 0 Å². The van der Waals surface area contributed by atoms with Crippen molar-refractivity contribution in [3.05, 3.63) is 101 Å². The Morgan fingerprint density at radius 3 is 1.76 bits per heavy atom. The van der Waals surface area contributed by atoms with E-state index in [0.29, 0.717) is 28.3 Å². The zero-order valence-electron chi connectivity index (χ0n) is 19.8. The minimum absolute atomic E-state index is 0.0986. The third-order valence-electron chi connectivity index (χ3n) is 5.90. The molecule has 0 saturated carbocycles. The van der Waals surface area contributed by atoms with Crippen LogP contribution < -0.4 is 30.1 Å². The lowest BCUT2D eigenvalue weighted by atomic mass is 10.2. The molecule has 0 aliphatic carbocycles. The van der Waals surface area contributed by atoms with E-state index >= 15 is 4.57 Å². The lowest BCUT2D eigenvalue weighted by Gasteiger charge is -2.23. The molecule has 0 radical (unpaired) electrons. The van der Waals surface area contributed by atoms with Gasteiger partial charge in [0.25, 0.3) is 0 Å². The number of para-hydroxylation sites is 1. The van der Waals surface area contributed by atoms with Gasteiger partial charge in [-0.05, 0) is 76.2 Å². The predicted molar refractivity (Wildman–Crippen MR) is 137 cm³/mol. The first-order valence-electron chi connectivity index (χ1n) is 11.3. The number of hydrogen-bond donors (Lipinski definition) is 0. The molecule has 0 saturated heterocycles. The maximum absolute atomic E-state index is 15.3. The minimum atomic E-state index is -3.26. The SMILES string of the molecule is Cc1cc(C)cc(P(=O)(c2cc(C)cc(C)c2)c2cc3c(c(Oc4ccccc4)c2)OCO3)c1. The van der Waals surface area contributed by atoms with Crippen molar-refractivity contribution in [3.63, 3.8) is 0 Å². The Kier molecular flexibility index (Phi) is 5.71. The molecule has 1 heterocycles. The molecular weight excluding hydrogens is 443 g/mol. The minimum Gasteiger partial charge on any atom is -0.453 e. The van der Waals surface area contributed by atoms with E-state index in [-0.39, 0.29) is 6.79 Å². The second kappa shape index (κ2) is 8.70. The van der Waals surface area contributed by atoms with Crippen molar-refractivity contribution in [1.29, 1.82) is 0 Å². The van der Waals surface area contributed by atoms with E-state index in [1.54, 1.807) is 0 Å². The van der Waals surface area contributed by atoms with Crippen LogP contribution in [0.3, 0.4) is 0 Å². The summed E-state index contributed by atoms with van der Waals surface area (Å²) in [6.07, 6.45) is 0. The molecule has 5 rings (SSSR count). The normalized spacial score (nSPS) is 12.6. The molecule has 0 aromatic heterocycles. The average Bonchev–Trinajstić information content (AvgIpc) is 3.27. The van der Waals surface area contributed by atoms with Gasteiger partial charge in [-0.3, -0.25) is 0 Å². The Hall–Kier alpha value is -3.49. The Morgan fingerprint density at radius 2 is 1.21 bits per heavy atom. The van der Waals surface area contributed by atoms with Crippen LogP contribution in [0.5, 0.6) is 23.0 Å². The van der Waals surface area contributed by atoms with E-state index < -0.39 is 7.14 Å². The third kappa shape index (κ3) is 4.10. The standard InChI is InChI=1S/C29H27O4P/c1-19-10-20(2)13-24(12-19)34(30,25-14-21(3)11-22(4)15-25)26-16-27-29(32-18-31-27)28(17-26)33-23-8-6-5-7-9-23/h5-17H,18H2,1-4H3. The molecule has 0 atom stereocenters. The van der Waals surface area contributed by atoms with Gasteiger partial charge < -0.3 is 18.8 Å². The molecule has 1 aliphatic heterocycles. The molecule has 172 valence electrons. The fraction of sp³-hybridized carbons (Fsp3) is 0.172. The Morgan fingerprint density at radius 1 is 0.676 bits per heavy atom. The highest BCUT2D eigenvalue weighted by molar-refractivity contribution is 7.85. The Bertz CT molecular complexity index is 1330. The van der Waals surface area contributed by atoms with Gasteiger partial charge in [-0.2, -0.15) is 0 Å². The van der Waals surface area contributed by atoms with Crippen molar-refractivity contribution in [3.8, 4) is 23.0 Å². The van der Waals surface area contributed by atoms with Crippen LogP contribution in [0.15, 0.2) is 78.9 Å². The van der Waals surface area contributed by atoms with Crippen LogP contribution in [0.1, 0.15) is 22.3 Å². The van der Waals surface area contributed by atoms with Gasteiger partial charge in [0.05, 0.1) is 0 Å².